The molecule has 4 heteroatoms. The molecule has 1 aromatic heterocycles. The van der Waals surface area contributed by atoms with Gasteiger partial charge in [-0.3, -0.25) is 4.79 Å². The van der Waals surface area contributed by atoms with Crippen LogP contribution in [-0.2, 0) is 4.74 Å². The molecule has 2 aliphatic heterocycles. The SMILES string of the molecule is C[C@@H]1C[C@H]2CCN(C(=O)c3cccs3)C[C@@H]2O1. The number of carbonyl (C=O) groups excluding carboxylic acids is 1. The van der Waals surface area contributed by atoms with E-state index in [9.17, 15) is 4.79 Å². The van der Waals surface area contributed by atoms with Gasteiger partial charge in [0.15, 0.2) is 0 Å². The van der Waals surface area contributed by atoms with Gasteiger partial charge in [0.1, 0.15) is 0 Å². The number of fused-ring (bicyclic) bond motifs is 1. The molecule has 1 aromatic rings. The summed E-state index contributed by atoms with van der Waals surface area (Å²) in [6.07, 6.45) is 2.88. The second-order valence-electron chi connectivity index (χ2n) is 5.00. The van der Waals surface area contributed by atoms with E-state index in [1.807, 2.05) is 22.4 Å². The lowest BCUT2D eigenvalue weighted by molar-refractivity contribution is 0.00172. The maximum absolute atomic E-state index is 12.2. The fourth-order valence-corrected chi connectivity index (χ4v) is 3.60. The normalized spacial score (nSPS) is 32.5. The van der Waals surface area contributed by atoms with Crippen molar-refractivity contribution in [3.05, 3.63) is 22.4 Å². The van der Waals surface area contributed by atoms with Crippen LogP contribution in [0.2, 0.25) is 0 Å². The predicted molar refractivity (Wildman–Crippen MR) is 67.3 cm³/mol. The number of carbonyl (C=O) groups is 1. The van der Waals surface area contributed by atoms with Gasteiger partial charge >= 0.3 is 0 Å². The first kappa shape index (κ1) is 11.2. The van der Waals surface area contributed by atoms with Crippen LogP contribution >= 0.6 is 11.3 Å². The van der Waals surface area contributed by atoms with E-state index in [-0.39, 0.29) is 12.0 Å². The summed E-state index contributed by atoms with van der Waals surface area (Å²) < 4.78 is 5.87. The first-order valence-corrected chi connectivity index (χ1v) is 7.10. The third-order valence-electron chi connectivity index (χ3n) is 3.76. The summed E-state index contributed by atoms with van der Waals surface area (Å²) in [6, 6.07) is 3.83. The molecule has 3 rings (SSSR count). The number of hydrogen-bond donors (Lipinski definition) is 0. The van der Waals surface area contributed by atoms with Crippen molar-refractivity contribution in [2.45, 2.75) is 32.0 Å². The number of thiophene rings is 1. The average molecular weight is 251 g/mol. The number of ether oxygens (including phenoxy) is 1. The lowest BCUT2D eigenvalue weighted by Gasteiger charge is -2.33. The quantitative estimate of drug-likeness (QED) is 0.767. The highest BCUT2D eigenvalue weighted by molar-refractivity contribution is 7.12. The van der Waals surface area contributed by atoms with Crippen LogP contribution in [0, 0.1) is 5.92 Å². The van der Waals surface area contributed by atoms with Gasteiger partial charge in [-0.15, -0.1) is 11.3 Å². The van der Waals surface area contributed by atoms with E-state index in [0.717, 1.165) is 30.8 Å². The van der Waals surface area contributed by atoms with E-state index in [2.05, 4.69) is 6.92 Å². The zero-order valence-electron chi connectivity index (χ0n) is 9.96. The van der Waals surface area contributed by atoms with E-state index < -0.39 is 0 Å². The molecular weight excluding hydrogens is 234 g/mol. The smallest absolute Gasteiger partial charge is 0.264 e. The van der Waals surface area contributed by atoms with Crippen molar-refractivity contribution in [3.8, 4) is 0 Å². The standard InChI is InChI=1S/C13H17NO2S/c1-9-7-10-4-5-14(8-11(10)16-9)13(15)12-3-2-6-17-12/h2-3,6,9-11H,4-5,7-8H2,1H3/t9-,10-,11+/m1/s1. The van der Waals surface area contributed by atoms with Crippen LogP contribution in [-0.4, -0.2) is 36.1 Å². The number of likely N-dealkylation sites (tertiary alicyclic amines) is 1. The lowest BCUT2D eigenvalue weighted by Crippen LogP contribution is -2.45. The van der Waals surface area contributed by atoms with Crippen LogP contribution in [0.4, 0.5) is 0 Å². The van der Waals surface area contributed by atoms with Crippen LogP contribution < -0.4 is 0 Å². The van der Waals surface area contributed by atoms with Crippen molar-refractivity contribution in [1.82, 2.24) is 4.90 Å². The molecule has 0 N–H and O–H groups in total. The minimum absolute atomic E-state index is 0.168. The van der Waals surface area contributed by atoms with Gasteiger partial charge in [0.05, 0.1) is 17.1 Å². The Hall–Kier alpha value is -0.870. The number of hydrogen-bond acceptors (Lipinski definition) is 3. The summed E-state index contributed by atoms with van der Waals surface area (Å²) in [4.78, 5) is 15.0. The molecule has 0 radical (unpaired) electrons. The third-order valence-corrected chi connectivity index (χ3v) is 4.61. The molecule has 3 heterocycles. The van der Waals surface area contributed by atoms with E-state index in [1.54, 1.807) is 0 Å². The maximum atomic E-state index is 12.2. The molecular formula is C13H17NO2S. The molecule has 3 atom stereocenters. The van der Waals surface area contributed by atoms with Gasteiger partial charge in [-0.25, -0.2) is 0 Å². The van der Waals surface area contributed by atoms with E-state index in [0.29, 0.717) is 12.0 Å². The zero-order valence-corrected chi connectivity index (χ0v) is 10.8. The Morgan fingerprint density at radius 2 is 2.47 bits per heavy atom. The van der Waals surface area contributed by atoms with Crippen LogP contribution in [0.25, 0.3) is 0 Å². The molecule has 92 valence electrons. The summed E-state index contributed by atoms with van der Waals surface area (Å²) in [5.74, 6) is 0.832. The molecule has 1 amide bonds. The van der Waals surface area contributed by atoms with Crippen molar-refractivity contribution in [1.29, 1.82) is 0 Å². The fraction of sp³-hybridized carbons (Fsp3) is 0.615. The van der Waals surface area contributed by atoms with Gasteiger partial charge < -0.3 is 9.64 Å². The zero-order chi connectivity index (χ0) is 11.8. The van der Waals surface area contributed by atoms with E-state index >= 15 is 0 Å². The Morgan fingerprint density at radius 1 is 1.59 bits per heavy atom. The first-order valence-electron chi connectivity index (χ1n) is 6.22. The summed E-state index contributed by atoms with van der Waals surface area (Å²) >= 11 is 1.52. The largest absolute Gasteiger partial charge is 0.373 e. The molecule has 0 aliphatic carbocycles. The molecule has 2 fully saturated rings. The molecule has 17 heavy (non-hydrogen) atoms. The lowest BCUT2D eigenvalue weighted by atomic mass is 9.92. The topological polar surface area (TPSA) is 29.5 Å². The number of amides is 1. The minimum Gasteiger partial charge on any atom is -0.373 e. The van der Waals surface area contributed by atoms with Crippen molar-refractivity contribution >= 4 is 17.2 Å². The molecule has 0 aromatic carbocycles. The Balaban J connectivity index is 1.69. The molecule has 0 unspecified atom stereocenters. The number of nitrogens with zero attached hydrogens (tertiary/aromatic N) is 1. The second-order valence-corrected chi connectivity index (χ2v) is 5.95. The van der Waals surface area contributed by atoms with E-state index in [4.69, 9.17) is 4.74 Å². The molecule has 0 spiro atoms. The predicted octanol–water partition coefficient (Wildman–Crippen LogP) is 2.39. The molecule has 0 saturated carbocycles. The van der Waals surface area contributed by atoms with Crippen LogP contribution in [0.15, 0.2) is 17.5 Å². The molecule has 0 bridgehead atoms. The maximum Gasteiger partial charge on any atom is 0.264 e. The highest BCUT2D eigenvalue weighted by Gasteiger charge is 2.38. The van der Waals surface area contributed by atoms with Gasteiger partial charge in [-0.2, -0.15) is 0 Å². The summed E-state index contributed by atoms with van der Waals surface area (Å²) in [7, 11) is 0. The summed E-state index contributed by atoms with van der Waals surface area (Å²) in [5, 5.41) is 1.95. The average Bonchev–Trinajstić information content (AvgIpc) is 2.94. The van der Waals surface area contributed by atoms with Crippen molar-refractivity contribution in [2.24, 2.45) is 5.92 Å². The Morgan fingerprint density at radius 3 is 3.24 bits per heavy atom. The molecule has 2 saturated heterocycles. The second kappa shape index (κ2) is 4.42. The minimum atomic E-state index is 0.168. The van der Waals surface area contributed by atoms with Gasteiger partial charge in [0.2, 0.25) is 0 Å². The van der Waals surface area contributed by atoms with Gasteiger partial charge in [-0.05, 0) is 37.1 Å². The summed E-state index contributed by atoms with van der Waals surface area (Å²) in [5.41, 5.74) is 0. The molecule has 2 aliphatic rings. The van der Waals surface area contributed by atoms with Crippen LogP contribution in [0.5, 0.6) is 0 Å². The third kappa shape index (κ3) is 2.11. The molecule has 3 nitrogen and oxygen atoms in total. The van der Waals surface area contributed by atoms with Crippen LogP contribution in [0.1, 0.15) is 29.4 Å². The van der Waals surface area contributed by atoms with Gasteiger partial charge in [-0.1, -0.05) is 6.07 Å². The van der Waals surface area contributed by atoms with Gasteiger partial charge in [0.25, 0.3) is 5.91 Å². The fourth-order valence-electron chi connectivity index (χ4n) is 2.91. The van der Waals surface area contributed by atoms with Crippen molar-refractivity contribution in [2.75, 3.05) is 13.1 Å². The Labute approximate surface area is 105 Å². The summed E-state index contributed by atoms with van der Waals surface area (Å²) in [6.45, 7) is 3.78. The first-order chi connectivity index (χ1) is 8.24. The number of piperidine rings is 1. The van der Waals surface area contributed by atoms with Crippen molar-refractivity contribution in [3.63, 3.8) is 0 Å². The Kier molecular flexibility index (Phi) is 2.92. The number of rotatable bonds is 1. The Bertz CT molecular complexity index is 404. The van der Waals surface area contributed by atoms with Crippen LogP contribution in [0.3, 0.4) is 0 Å². The van der Waals surface area contributed by atoms with Gasteiger partial charge in [0, 0.05) is 13.1 Å². The van der Waals surface area contributed by atoms with E-state index in [1.165, 1.54) is 11.3 Å². The highest BCUT2D eigenvalue weighted by Crippen LogP contribution is 2.33. The van der Waals surface area contributed by atoms with Crippen molar-refractivity contribution < 1.29 is 9.53 Å². The highest BCUT2D eigenvalue weighted by atomic mass is 32.1. The monoisotopic (exact) mass is 251 g/mol.